The van der Waals surface area contributed by atoms with E-state index in [1.807, 2.05) is 21.6 Å². The fourth-order valence-electron chi connectivity index (χ4n) is 4.63. The van der Waals surface area contributed by atoms with Crippen molar-refractivity contribution in [2.24, 2.45) is 5.92 Å². The second kappa shape index (κ2) is 10.1. The number of benzene rings is 1. The van der Waals surface area contributed by atoms with E-state index in [4.69, 9.17) is 22.1 Å². The SMILES string of the molecule is O=C(C1CCCN(Cn2nc(-c3ccncc3)n(-c3ccc(F)cc3)c2=S)C1)N1CCOCC1. The quantitative estimate of drug-likeness (QED) is 0.521. The van der Waals surface area contributed by atoms with Gasteiger partial charge in [-0.2, -0.15) is 0 Å². The minimum absolute atomic E-state index is 0.0279. The molecule has 2 fully saturated rings. The fraction of sp³-hybridized carbons (Fsp3) is 0.417. The monoisotopic (exact) mass is 482 g/mol. The number of morpholine rings is 1. The largest absolute Gasteiger partial charge is 0.378 e. The van der Waals surface area contributed by atoms with Gasteiger partial charge in [0, 0.05) is 37.6 Å². The van der Waals surface area contributed by atoms with Crippen LogP contribution in [-0.2, 0) is 16.2 Å². The van der Waals surface area contributed by atoms with Gasteiger partial charge in [-0.05, 0) is 68.0 Å². The summed E-state index contributed by atoms with van der Waals surface area (Å²) >= 11 is 5.82. The van der Waals surface area contributed by atoms with Crippen LogP contribution in [-0.4, -0.2) is 74.4 Å². The molecule has 1 aromatic carbocycles. The van der Waals surface area contributed by atoms with Gasteiger partial charge in [-0.15, -0.1) is 5.10 Å². The number of carbonyl (C=O) groups is 1. The first-order chi connectivity index (χ1) is 16.6. The minimum atomic E-state index is -0.308. The topological polar surface area (TPSA) is 68.4 Å². The predicted octanol–water partition coefficient (Wildman–Crippen LogP) is 3.13. The first kappa shape index (κ1) is 22.8. The maximum atomic E-state index is 13.6. The Morgan fingerprint density at radius 2 is 1.82 bits per heavy atom. The Hall–Kier alpha value is -2.95. The third kappa shape index (κ3) is 4.79. The van der Waals surface area contributed by atoms with E-state index in [1.54, 1.807) is 29.2 Å². The standard InChI is InChI=1S/C24H27FN6O2S/c25-20-3-5-21(6-4-20)31-22(18-7-9-26-10-8-18)27-30(24(31)34)17-28-11-1-2-19(16-28)23(32)29-12-14-33-15-13-29/h3-10,19H,1-2,11-17H2. The number of nitrogens with zero attached hydrogens (tertiary/aromatic N) is 6. The number of hydrogen-bond donors (Lipinski definition) is 0. The van der Waals surface area contributed by atoms with Crippen molar-refractivity contribution in [3.63, 3.8) is 0 Å². The summed E-state index contributed by atoms with van der Waals surface area (Å²) in [7, 11) is 0. The Balaban J connectivity index is 1.41. The van der Waals surface area contributed by atoms with Gasteiger partial charge in [0.25, 0.3) is 0 Å². The number of carbonyl (C=O) groups excluding carboxylic acids is 1. The Labute approximate surface area is 202 Å². The number of pyridine rings is 1. The molecule has 1 unspecified atom stereocenters. The molecule has 34 heavy (non-hydrogen) atoms. The summed E-state index contributed by atoms with van der Waals surface area (Å²) in [5.74, 6) is 0.542. The van der Waals surface area contributed by atoms with Gasteiger partial charge in [-0.1, -0.05) is 0 Å². The molecule has 5 rings (SSSR count). The lowest BCUT2D eigenvalue weighted by molar-refractivity contribution is -0.141. The van der Waals surface area contributed by atoms with E-state index in [9.17, 15) is 9.18 Å². The third-order valence-electron chi connectivity index (χ3n) is 6.37. The summed E-state index contributed by atoms with van der Waals surface area (Å²) in [6, 6.07) is 9.97. The number of rotatable bonds is 5. The molecule has 4 heterocycles. The summed E-state index contributed by atoms with van der Waals surface area (Å²) in [5, 5.41) is 4.83. The lowest BCUT2D eigenvalue weighted by Gasteiger charge is -2.36. The van der Waals surface area contributed by atoms with Crippen molar-refractivity contribution in [3.05, 3.63) is 59.4 Å². The van der Waals surface area contributed by atoms with Crippen molar-refractivity contribution < 1.29 is 13.9 Å². The fourth-order valence-corrected chi connectivity index (χ4v) is 4.92. The number of piperidine rings is 1. The highest BCUT2D eigenvalue weighted by Crippen LogP contribution is 2.24. The van der Waals surface area contributed by atoms with Crippen LogP contribution in [0.4, 0.5) is 4.39 Å². The van der Waals surface area contributed by atoms with Crippen LogP contribution in [0.25, 0.3) is 17.1 Å². The Kier molecular flexibility index (Phi) is 6.80. The molecule has 3 aromatic rings. The molecule has 1 amide bonds. The number of hydrogen-bond acceptors (Lipinski definition) is 6. The minimum Gasteiger partial charge on any atom is -0.378 e. The van der Waals surface area contributed by atoms with Crippen LogP contribution in [0.15, 0.2) is 48.8 Å². The number of ether oxygens (including phenoxy) is 1. The van der Waals surface area contributed by atoms with Crippen LogP contribution >= 0.6 is 12.2 Å². The highest BCUT2D eigenvalue weighted by molar-refractivity contribution is 7.71. The van der Waals surface area contributed by atoms with Crippen LogP contribution in [0.3, 0.4) is 0 Å². The first-order valence-electron chi connectivity index (χ1n) is 11.6. The molecule has 0 radical (unpaired) electrons. The van der Waals surface area contributed by atoms with E-state index in [2.05, 4.69) is 9.88 Å². The molecular weight excluding hydrogens is 455 g/mol. The summed E-state index contributed by atoms with van der Waals surface area (Å²) in [6.07, 6.45) is 5.26. The van der Waals surface area contributed by atoms with Gasteiger partial charge in [-0.25, -0.2) is 9.07 Å². The molecule has 10 heteroatoms. The van der Waals surface area contributed by atoms with Crippen molar-refractivity contribution in [3.8, 4) is 17.1 Å². The number of amides is 1. The summed E-state index contributed by atoms with van der Waals surface area (Å²) in [6.45, 7) is 4.58. The van der Waals surface area contributed by atoms with Gasteiger partial charge in [0.05, 0.1) is 31.5 Å². The van der Waals surface area contributed by atoms with Crippen LogP contribution in [0.5, 0.6) is 0 Å². The van der Waals surface area contributed by atoms with E-state index < -0.39 is 0 Å². The highest BCUT2D eigenvalue weighted by atomic mass is 32.1. The molecule has 2 aliphatic rings. The van der Waals surface area contributed by atoms with E-state index in [0.29, 0.717) is 50.1 Å². The smallest absolute Gasteiger partial charge is 0.227 e. The Bertz CT molecular complexity index is 1190. The Morgan fingerprint density at radius 3 is 2.56 bits per heavy atom. The maximum Gasteiger partial charge on any atom is 0.227 e. The maximum absolute atomic E-state index is 13.6. The highest BCUT2D eigenvalue weighted by Gasteiger charge is 2.30. The van der Waals surface area contributed by atoms with Crippen molar-refractivity contribution in [1.29, 1.82) is 0 Å². The molecule has 8 nitrogen and oxygen atoms in total. The molecule has 2 aromatic heterocycles. The normalized spacial score (nSPS) is 19.3. The molecule has 2 aliphatic heterocycles. The van der Waals surface area contributed by atoms with Gasteiger partial charge >= 0.3 is 0 Å². The van der Waals surface area contributed by atoms with E-state index >= 15 is 0 Å². The van der Waals surface area contributed by atoms with Crippen LogP contribution < -0.4 is 0 Å². The van der Waals surface area contributed by atoms with E-state index in [0.717, 1.165) is 30.6 Å². The average molecular weight is 483 g/mol. The first-order valence-corrected chi connectivity index (χ1v) is 12.0. The van der Waals surface area contributed by atoms with Gasteiger partial charge in [0.15, 0.2) is 5.82 Å². The molecule has 178 valence electrons. The van der Waals surface area contributed by atoms with Crippen LogP contribution in [0.1, 0.15) is 12.8 Å². The zero-order chi connectivity index (χ0) is 23.5. The summed E-state index contributed by atoms with van der Waals surface area (Å²) in [4.78, 5) is 21.3. The molecule has 0 spiro atoms. The van der Waals surface area contributed by atoms with Gasteiger partial charge in [0.2, 0.25) is 10.7 Å². The second-order valence-electron chi connectivity index (χ2n) is 8.65. The van der Waals surface area contributed by atoms with Crippen molar-refractivity contribution in [2.75, 3.05) is 39.4 Å². The van der Waals surface area contributed by atoms with Crippen LogP contribution in [0.2, 0.25) is 0 Å². The molecule has 0 aliphatic carbocycles. The van der Waals surface area contributed by atoms with Crippen molar-refractivity contribution >= 4 is 18.1 Å². The van der Waals surface area contributed by atoms with E-state index in [-0.39, 0.29) is 17.6 Å². The zero-order valence-corrected chi connectivity index (χ0v) is 19.7. The lowest BCUT2D eigenvalue weighted by atomic mass is 9.96. The predicted molar refractivity (Wildman–Crippen MR) is 127 cm³/mol. The number of aromatic nitrogens is 4. The molecule has 1 atom stereocenters. The number of likely N-dealkylation sites (tertiary alicyclic amines) is 1. The molecular formula is C24H27FN6O2S. The third-order valence-corrected chi connectivity index (χ3v) is 6.77. The van der Waals surface area contributed by atoms with Gasteiger partial charge in [-0.3, -0.25) is 19.2 Å². The lowest BCUT2D eigenvalue weighted by Crippen LogP contribution is -2.48. The molecule has 0 saturated carbocycles. The second-order valence-corrected chi connectivity index (χ2v) is 9.01. The number of halogens is 1. The van der Waals surface area contributed by atoms with Gasteiger partial charge < -0.3 is 9.64 Å². The summed E-state index contributed by atoms with van der Waals surface area (Å²) in [5.41, 5.74) is 1.60. The van der Waals surface area contributed by atoms with Crippen molar-refractivity contribution in [2.45, 2.75) is 19.5 Å². The van der Waals surface area contributed by atoms with Crippen molar-refractivity contribution in [1.82, 2.24) is 29.1 Å². The summed E-state index contributed by atoms with van der Waals surface area (Å²) < 4.78 is 23.1. The van der Waals surface area contributed by atoms with Gasteiger partial charge in [0.1, 0.15) is 5.82 Å². The molecule has 2 saturated heterocycles. The molecule has 0 N–H and O–H groups in total. The van der Waals surface area contributed by atoms with Crippen LogP contribution in [0, 0.1) is 16.5 Å². The molecule has 0 bridgehead atoms. The van der Waals surface area contributed by atoms with E-state index in [1.165, 1.54) is 12.1 Å². The zero-order valence-electron chi connectivity index (χ0n) is 18.8. The average Bonchev–Trinajstić information content (AvgIpc) is 3.21. The Morgan fingerprint density at radius 1 is 1.09 bits per heavy atom.